The quantitative estimate of drug-likeness (QED) is 0.368. The monoisotopic (exact) mass is 521 g/mol. The largest absolute Gasteiger partial charge is 0.506 e. The van der Waals surface area contributed by atoms with Gasteiger partial charge in [-0.15, -0.1) is 0 Å². The van der Waals surface area contributed by atoms with E-state index in [-0.39, 0.29) is 12.2 Å². The standard InChI is InChI=1S/C22H21Br2NO4/c1-3-4-14-7-12(2)16-10-15(11-19(26)21(16)25-14)29-22-17(23)8-13(9-18(22)24)5-6-20(27)28/h7-11,26H,3-6H2,1-2H3,(H,27,28). The summed E-state index contributed by atoms with van der Waals surface area (Å²) in [6.45, 7) is 4.09. The van der Waals surface area contributed by atoms with E-state index in [9.17, 15) is 9.90 Å². The van der Waals surface area contributed by atoms with Gasteiger partial charge in [0.1, 0.15) is 17.0 Å². The first-order valence-corrected chi connectivity index (χ1v) is 10.9. The van der Waals surface area contributed by atoms with E-state index in [1.54, 1.807) is 6.07 Å². The number of benzene rings is 2. The molecule has 3 rings (SSSR count). The van der Waals surface area contributed by atoms with E-state index < -0.39 is 5.97 Å². The second kappa shape index (κ2) is 9.13. The van der Waals surface area contributed by atoms with Crippen LogP contribution in [0.3, 0.4) is 0 Å². The maximum atomic E-state index is 10.8. The second-order valence-corrected chi connectivity index (χ2v) is 8.61. The number of phenols is 1. The van der Waals surface area contributed by atoms with E-state index in [0.717, 1.165) is 35.0 Å². The number of ether oxygens (including phenoxy) is 1. The smallest absolute Gasteiger partial charge is 0.303 e. The molecule has 3 aromatic rings. The van der Waals surface area contributed by atoms with E-state index in [1.807, 2.05) is 31.2 Å². The molecule has 2 aromatic carbocycles. The molecule has 7 heteroatoms. The van der Waals surface area contributed by atoms with Gasteiger partial charge in [0.15, 0.2) is 5.75 Å². The van der Waals surface area contributed by atoms with Crippen LogP contribution in [-0.4, -0.2) is 21.2 Å². The maximum Gasteiger partial charge on any atom is 0.303 e. The lowest BCUT2D eigenvalue weighted by Crippen LogP contribution is -1.98. The summed E-state index contributed by atoms with van der Waals surface area (Å²) in [5.41, 5.74) is 3.44. The number of phenolic OH excluding ortho intramolecular Hbond substituents is 1. The fourth-order valence-corrected chi connectivity index (χ4v) is 4.62. The average Bonchev–Trinajstić information content (AvgIpc) is 2.64. The molecule has 0 unspecified atom stereocenters. The molecular formula is C22H21Br2NO4. The second-order valence-electron chi connectivity index (χ2n) is 6.90. The first-order chi connectivity index (χ1) is 13.8. The summed E-state index contributed by atoms with van der Waals surface area (Å²) in [5.74, 6) is 0.276. The van der Waals surface area contributed by atoms with E-state index in [2.05, 4.69) is 43.8 Å². The lowest BCUT2D eigenvalue weighted by Gasteiger charge is -2.14. The van der Waals surface area contributed by atoms with E-state index in [4.69, 9.17) is 9.84 Å². The number of rotatable bonds is 7. The molecule has 1 heterocycles. The van der Waals surface area contributed by atoms with Crippen LogP contribution in [0.25, 0.3) is 10.9 Å². The van der Waals surface area contributed by atoms with E-state index in [1.165, 1.54) is 0 Å². The minimum Gasteiger partial charge on any atom is -0.506 e. The van der Waals surface area contributed by atoms with Crippen molar-refractivity contribution in [1.82, 2.24) is 4.98 Å². The molecule has 0 aliphatic heterocycles. The molecule has 29 heavy (non-hydrogen) atoms. The Bertz CT molecular complexity index is 1060. The van der Waals surface area contributed by atoms with Crippen molar-refractivity contribution in [2.75, 3.05) is 0 Å². The Hall–Kier alpha value is -2.12. The Balaban J connectivity index is 1.95. The zero-order valence-electron chi connectivity index (χ0n) is 16.1. The lowest BCUT2D eigenvalue weighted by molar-refractivity contribution is -0.136. The summed E-state index contributed by atoms with van der Waals surface area (Å²) in [7, 11) is 0. The molecule has 152 valence electrons. The molecule has 1 aromatic heterocycles. The molecule has 0 aliphatic carbocycles. The number of aromatic hydroxyl groups is 1. The third-order valence-electron chi connectivity index (χ3n) is 4.54. The molecule has 0 fully saturated rings. The highest BCUT2D eigenvalue weighted by Gasteiger charge is 2.14. The number of hydrogen-bond acceptors (Lipinski definition) is 4. The van der Waals surface area contributed by atoms with Gasteiger partial charge in [-0.1, -0.05) is 13.3 Å². The molecule has 0 aliphatic rings. The van der Waals surface area contributed by atoms with Crippen LogP contribution in [0.4, 0.5) is 0 Å². The number of halogens is 2. The summed E-state index contributed by atoms with van der Waals surface area (Å²) < 4.78 is 7.43. The van der Waals surface area contributed by atoms with Gasteiger partial charge in [0, 0.05) is 23.6 Å². The fraction of sp³-hybridized carbons (Fsp3) is 0.273. The van der Waals surface area contributed by atoms with Gasteiger partial charge < -0.3 is 14.9 Å². The van der Waals surface area contributed by atoms with Gasteiger partial charge in [0.05, 0.1) is 8.95 Å². The van der Waals surface area contributed by atoms with Gasteiger partial charge in [-0.05, 0) is 87.0 Å². The van der Waals surface area contributed by atoms with Crippen molar-refractivity contribution in [2.45, 2.75) is 39.5 Å². The van der Waals surface area contributed by atoms with Crippen LogP contribution in [0.5, 0.6) is 17.2 Å². The van der Waals surface area contributed by atoms with Crippen molar-refractivity contribution in [3.63, 3.8) is 0 Å². The number of hydrogen-bond donors (Lipinski definition) is 2. The van der Waals surface area contributed by atoms with Crippen molar-refractivity contribution in [3.8, 4) is 17.2 Å². The van der Waals surface area contributed by atoms with E-state index >= 15 is 0 Å². The number of carbonyl (C=O) groups is 1. The van der Waals surface area contributed by atoms with Gasteiger partial charge in [0.2, 0.25) is 0 Å². The van der Waals surface area contributed by atoms with Crippen LogP contribution in [0.1, 0.15) is 36.6 Å². The zero-order chi connectivity index (χ0) is 21.1. The predicted octanol–water partition coefficient (Wildman–Crippen LogP) is 6.54. The number of fused-ring (bicyclic) bond motifs is 1. The Morgan fingerprint density at radius 3 is 2.41 bits per heavy atom. The molecule has 0 atom stereocenters. The minimum absolute atomic E-state index is 0.0595. The number of pyridine rings is 1. The average molecular weight is 523 g/mol. The molecular weight excluding hydrogens is 502 g/mol. The normalized spacial score (nSPS) is 11.0. The van der Waals surface area contributed by atoms with Crippen LogP contribution in [0.2, 0.25) is 0 Å². The maximum absolute atomic E-state index is 10.8. The van der Waals surface area contributed by atoms with Gasteiger partial charge >= 0.3 is 5.97 Å². The van der Waals surface area contributed by atoms with Gasteiger partial charge in [-0.3, -0.25) is 4.79 Å². The highest BCUT2D eigenvalue weighted by Crippen LogP contribution is 2.40. The van der Waals surface area contributed by atoms with Crippen LogP contribution >= 0.6 is 31.9 Å². The van der Waals surface area contributed by atoms with Crippen molar-refractivity contribution in [3.05, 3.63) is 56.1 Å². The highest BCUT2D eigenvalue weighted by atomic mass is 79.9. The third-order valence-corrected chi connectivity index (χ3v) is 5.72. The van der Waals surface area contributed by atoms with Crippen molar-refractivity contribution >= 4 is 48.7 Å². The van der Waals surface area contributed by atoms with Crippen molar-refractivity contribution in [2.24, 2.45) is 0 Å². The molecule has 0 bridgehead atoms. The number of carboxylic acid groups (broad SMARTS) is 1. The topological polar surface area (TPSA) is 79.7 Å². The highest BCUT2D eigenvalue weighted by molar-refractivity contribution is 9.11. The summed E-state index contributed by atoms with van der Waals surface area (Å²) in [4.78, 5) is 15.4. The molecule has 0 amide bonds. The minimum atomic E-state index is -0.838. The Morgan fingerprint density at radius 1 is 1.10 bits per heavy atom. The fourth-order valence-electron chi connectivity index (χ4n) is 3.18. The number of carboxylic acids is 1. The molecule has 0 spiro atoms. The summed E-state index contributed by atoms with van der Waals surface area (Å²) in [6.07, 6.45) is 2.34. The van der Waals surface area contributed by atoms with Gasteiger partial charge in [-0.2, -0.15) is 0 Å². The van der Waals surface area contributed by atoms with Crippen molar-refractivity contribution in [1.29, 1.82) is 0 Å². The number of aromatic nitrogens is 1. The molecule has 5 nitrogen and oxygen atoms in total. The molecule has 0 saturated heterocycles. The summed E-state index contributed by atoms with van der Waals surface area (Å²) in [6, 6.07) is 9.14. The van der Waals surface area contributed by atoms with Gasteiger partial charge in [0.25, 0.3) is 0 Å². The van der Waals surface area contributed by atoms with Crippen LogP contribution in [0, 0.1) is 6.92 Å². The first kappa shape index (κ1) is 21.6. The third kappa shape index (κ3) is 5.08. The Morgan fingerprint density at radius 2 is 1.79 bits per heavy atom. The van der Waals surface area contributed by atoms with E-state index in [0.29, 0.717) is 32.4 Å². The zero-order valence-corrected chi connectivity index (χ0v) is 19.3. The molecule has 2 N–H and O–H groups in total. The lowest BCUT2D eigenvalue weighted by atomic mass is 10.1. The number of nitrogens with zero attached hydrogens (tertiary/aromatic N) is 1. The summed E-state index contributed by atoms with van der Waals surface area (Å²) >= 11 is 6.99. The first-order valence-electron chi connectivity index (χ1n) is 9.29. The Labute approximate surface area is 186 Å². The molecule has 0 saturated carbocycles. The predicted molar refractivity (Wildman–Crippen MR) is 120 cm³/mol. The van der Waals surface area contributed by atoms with Crippen LogP contribution in [-0.2, 0) is 17.6 Å². The number of aliphatic carboxylic acids is 1. The van der Waals surface area contributed by atoms with Crippen LogP contribution < -0.4 is 4.74 Å². The van der Waals surface area contributed by atoms with Gasteiger partial charge in [-0.25, -0.2) is 4.98 Å². The van der Waals surface area contributed by atoms with Crippen LogP contribution in [0.15, 0.2) is 39.3 Å². The van der Waals surface area contributed by atoms with Crippen molar-refractivity contribution < 1.29 is 19.7 Å². The molecule has 0 radical (unpaired) electrons. The SMILES string of the molecule is CCCc1cc(C)c2cc(Oc3c(Br)cc(CCC(=O)O)cc3Br)cc(O)c2n1. The summed E-state index contributed by atoms with van der Waals surface area (Å²) in [5, 5.41) is 20.2. The number of aryl methyl sites for hydroxylation is 3. The Kier molecular flexibility index (Phi) is 6.80.